The second-order valence-electron chi connectivity index (χ2n) is 3.61. The molecule has 1 atom stereocenters. The van der Waals surface area contributed by atoms with Gasteiger partial charge in [-0.1, -0.05) is 12.1 Å². The summed E-state index contributed by atoms with van der Waals surface area (Å²) in [4.78, 5) is 17.4. The summed E-state index contributed by atoms with van der Waals surface area (Å²) in [5.41, 5.74) is 5.46. The highest BCUT2D eigenvalue weighted by molar-refractivity contribution is 6.01. The standard InChI is InChI=1S/C9H16N6O2/c1-3-6(8(10)14-17)9(16)15(2)4-7-11-5-12-13-7/h5-6,17H,3-4H2,1-2H3,(H2,10,14)(H,11,12,13). The molecule has 0 bridgehead atoms. The van der Waals surface area contributed by atoms with E-state index in [4.69, 9.17) is 10.9 Å². The molecular formula is C9H16N6O2. The minimum atomic E-state index is -0.618. The Morgan fingerprint density at radius 1 is 1.76 bits per heavy atom. The van der Waals surface area contributed by atoms with E-state index in [1.54, 1.807) is 14.0 Å². The quantitative estimate of drug-likeness (QED) is 0.278. The Bertz CT molecular complexity index is 388. The van der Waals surface area contributed by atoms with E-state index in [-0.39, 0.29) is 11.7 Å². The van der Waals surface area contributed by atoms with Crippen LogP contribution in [0.3, 0.4) is 0 Å². The van der Waals surface area contributed by atoms with Crippen molar-refractivity contribution in [3.05, 3.63) is 12.2 Å². The van der Waals surface area contributed by atoms with Crippen molar-refractivity contribution in [2.24, 2.45) is 16.8 Å². The van der Waals surface area contributed by atoms with Crippen molar-refractivity contribution in [3.63, 3.8) is 0 Å². The Morgan fingerprint density at radius 3 is 2.94 bits per heavy atom. The number of nitrogens with zero attached hydrogens (tertiary/aromatic N) is 4. The van der Waals surface area contributed by atoms with Gasteiger partial charge in [-0.05, 0) is 6.42 Å². The lowest BCUT2D eigenvalue weighted by molar-refractivity contribution is -0.132. The third kappa shape index (κ3) is 3.16. The Labute approximate surface area is 98.5 Å². The van der Waals surface area contributed by atoms with Gasteiger partial charge in [0, 0.05) is 7.05 Å². The Morgan fingerprint density at radius 2 is 2.47 bits per heavy atom. The van der Waals surface area contributed by atoms with E-state index in [0.717, 1.165) is 0 Å². The number of carbonyl (C=O) groups is 1. The number of H-pyrrole nitrogens is 1. The molecule has 0 aliphatic heterocycles. The number of aromatic nitrogens is 3. The molecule has 0 saturated heterocycles. The van der Waals surface area contributed by atoms with Gasteiger partial charge in [-0.3, -0.25) is 9.89 Å². The maximum Gasteiger partial charge on any atom is 0.233 e. The van der Waals surface area contributed by atoms with Gasteiger partial charge in [0.15, 0.2) is 5.84 Å². The van der Waals surface area contributed by atoms with E-state index in [0.29, 0.717) is 18.8 Å². The fraction of sp³-hybridized carbons (Fsp3) is 0.556. The van der Waals surface area contributed by atoms with Crippen molar-refractivity contribution in [3.8, 4) is 0 Å². The summed E-state index contributed by atoms with van der Waals surface area (Å²) >= 11 is 0. The Balaban J connectivity index is 2.68. The molecule has 8 heteroatoms. The van der Waals surface area contributed by atoms with Crippen LogP contribution in [0.25, 0.3) is 0 Å². The number of oxime groups is 1. The van der Waals surface area contributed by atoms with Crippen molar-refractivity contribution in [1.29, 1.82) is 0 Å². The minimum absolute atomic E-state index is 0.0816. The van der Waals surface area contributed by atoms with Gasteiger partial charge in [-0.15, -0.1) is 0 Å². The van der Waals surface area contributed by atoms with Crippen molar-refractivity contribution in [2.45, 2.75) is 19.9 Å². The number of aromatic amines is 1. The molecule has 17 heavy (non-hydrogen) atoms. The first kappa shape index (κ1) is 12.9. The second kappa shape index (κ2) is 5.83. The Kier molecular flexibility index (Phi) is 4.44. The van der Waals surface area contributed by atoms with Crippen LogP contribution in [0.4, 0.5) is 0 Å². The number of hydrogen-bond donors (Lipinski definition) is 3. The van der Waals surface area contributed by atoms with Crippen molar-refractivity contribution >= 4 is 11.7 Å². The topological polar surface area (TPSA) is 120 Å². The van der Waals surface area contributed by atoms with Crippen molar-refractivity contribution in [1.82, 2.24) is 20.1 Å². The summed E-state index contributed by atoms with van der Waals surface area (Å²) in [5.74, 6) is -0.343. The van der Waals surface area contributed by atoms with Gasteiger partial charge >= 0.3 is 0 Å². The van der Waals surface area contributed by atoms with Crippen LogP contribution in [0.15, 0.2) is 11.5 Å². The van der Waals surface area contributed by atoms with Gasteiger partial charge in [-0.2, -0.15) is 5.10 Å². The molecule has 0 fully saturated rings. The van der Waals surface area contributed by atoms with Crippen LogP contribution in [-0.2, 0) is 11.3 Å². The first-order valence-corrected chi connectivity index (χ1v) is 5.16. The molecule has 1 aromatic heterocycles. The largest absolute Gasteiger partial charge is 0.409 e. The van der Waals surface area contributed by atoms with Crippen LogP contribution < -0.4 is 5.73 Å². The summed E-state index contributed by atoms with van der Waals surface area (Å²) in [6, 6.07) is 0. The minimum Gasteiger partial charge on any atom is -0.409 e. The highest BCUT2D eigenvalue weighted by Crippen LogP contribution is 2.08. The maximum absolute atomic E-state index is 12.0. The number of amides is 1. The van der Waals surface area contributed by atoms with Crippen LogP contribution in [0.1, 0.15) is 19.2 Å². The van der Waals surface area contributed by atoms with Crippen LogP contribution in [0.5, 0.6) is 0 Å². The molecule has 0 radical (unpaired) electrons. The van der Waals surface area contributed by atoms with Crippen LogP contribution in [0, 0.1) is 5.92 Å². The number of nitrogens with one attached hydrogen (secondary N) is 1. The van der Waals surface area contributed by atoms with Crippen LogP contribution in [-0.4, -0.2) is 44.1 Å². The van der Waals surface area contributed by atoms with E-state index in [2.05, 4.69) is 20.3 Å². The monoisotopic (exact) mass is 240 g/mol. The first-order valence-electron chi connectivity index (χ1n) is 5.16. The first-order chi connectivity index (χ1) is 8.10. The van der Waals surface area contributed by atoms with E-state index in [1.807, 2.05) is 0 Å². The summed E-state index contributed by atoms with van der Waals surface area (Å²) in [6.07, 6.45) is 1.84. The third-order valence-corrected chi connectivity index (χ3v) is 2.41. The molecule has 94 valence electrons. The highest BCUT2D eigenvalue weighted by atomic mass is 16.4. The normalized spacial score (nSPS) is 13.4. The van der Waals surface area contributed by atoms with Gasteiger partial charge in [0.1, 0.15) is 12.2 Å². The summed E-state index contributed by atoms with van der Waals surface area (Å²) in [5, 5.41) is 17.8. The molecule has 0 aliphatic carbocycles. The van der Waals surface area contributed by atoms with Crippen LogP contribution >= 0.6 is 0 Å². The molecule has 8 nitrogen and oxygen atoms in total. The number of carbonyl (C=O) groups excluding carboxylic acids is 1. The fourth-order valence-corrected chi connectivity index (χ4v) is 1.46. The van der Waals surface area contributed by atoms with Gasteiger partial charge in [0.25, 0.3) is 0 Å². The molecule has 1 rings (SSSR count). The summed E-state index contributed by atoms with van der Waals surface area (Å²) in [7, 11) is 1.62. The molecule has 1 heterocycles. The van der Waals surface area contributed by atoms with E-state index < -0.39 is 5.92 Å². The molecule has 0 aliphatic rings. The highest BCUT2D eigenvalue weighted by Gasteiger charge is 2.24. The summed E-state index contributed by atoms with van der Waals surface area (Å²) in [6.45, 7) is 2.09. The number of rotatable bonds is 5. The third-order valence-electron chi connectivity index (χ3n) is 2.41. The average molecular weight is 240 g/mol. The summed E-state index contributed by atoms with van der Waals surface area (Å²) < 4.78 is 0. The van der Waals surface area contributed by atoms with Gasteiger partial charge in [-0.25, -0.2) is 4.98 Å². The van der Waals surface area contributed by atoms with E-state index in [1.165, 1.54) is 11.2 Å². The maximum atomic E-state index is 12.0. The lowest BCUT2D eigenvalue weighted by Gasteiger charge is -2.21. The fourth-order valence-electron chi connectivity index (χ4n) is 1.46. The van der Waals surface area contributed by atoms with Crippen LogP contribution in [0.2, 0.25) is 0 Å². The Hall–Kier alpha value is -2.12. The zero-order valence-corrected chi connectivity index (χ0v) is 9.79. The molecular weight excluding hydrogens is 224 g/mol. The van der Waals surface area contributed by atoms with Crippen molar-refractivity contribution < 1.29 is 10.0 Å². The smallest absolute Gasteiger partial charge is 0.233 e. The molecule has 0 saturated carbocycles. The zero-order valence-electron chi connectivity index (χ0n) is 9.79. The lowest BCUT2D eigenvalue weighted by atomic mass is 10.0. The molecule has 0 aromatic carbocycles. The van der Waals surface area contributed by atoms with Gasteiger partial charge in [0.05, 0.1) is 12.5 Å². The molecule has 0 spiro atoms. The van der Waals surface area contributed by atoms with E-state index >= 15 is 0 Å². The van der Waals surface area contributed by atoms with Crippen molar-refractivity contribution in [2.75, 3.05) is 7.05 Å². The second-order valence-corrected chi connectivity index (χ2v) is 3.61. The number of nitrogens with two attached hydrogens (primary N) is 1. The number of hydrogen-bond acceptors (Lipinski definition) is 5. The van der Waals surface area contributed by atoms with Gasteiger partial charge < -0.3 is 15.8 Å². The zero-order chi connectivity index (χ0) is 12.8. The van der Waals surface area contributed by atoms with Gasteiger partial charge in [0.2, 0.25) is 5.91 Å². The molecule has 1 unspecified atom stereocenters. The average Bonchev–Trinajstić information content (AvgIpc) is 2.82. The predicted octanol–water partition coefficient (Wildman–Crippen LogP) is -0.464. The SMILES string of the molecule is CCC(C(=O)N(C)Cc1ncn[nH]1)C(N)=NO. The lowest BCUT2D eigenvalue weighted by Crippen LogP contribution is -2.39. The predicted molar refractivity (Wildman–Crippen MR) is 60.0 cm³/mol. The van der Waals surface area contributed by atoms with E-state index in [9.17, 15) is 4.79 Å². The number of amidine groups is 1. The molecule has 1 aromatic rings. The molecule has 1 amide bonds. The molecule has 4 N–H and O–H groups in total.